The van der Waals surface area contributed by atoms with Crippen LogP contribution >= 0.6 is 23.2 Å². The van der Waals surface area contributed by atoms with Gasteiger partial charge >= 0.3 is 6.03 Å². The lowest BCUT2D eigenvalue weighted by Gasteiger charge is -2.27. The summed E-state index contributed by atoms with van der Waals surface area (Å²) in [5.74, 6) is -2.50. The van der Waals surface area contributed by atoms with E-state index in [0.29, 0.717) is 29.3 Å². The van der Waals surface area contributed by atoms with E-state index < -0.39 is 41.8 Å². The number of aromatic nitrogens is 4. The molecule has 312 valence electrons. The molecule has 59 heavy (non-hydrogen) atoms. The Morgan fingerprint density at radius 2 is 1.71 bits per heavy atom. The lowest BCUT2D eigenvalue weighted by molar-refractivity contribution is -0.136. The van der Waals surface area contributed by atoms with Crippen molar-refractivity contribution in [1.29, 1.82) is 0 Å². The van der Waals surface area contributed by atoms with Crippen LogP contribution in [0.4, 0.5) is 21.9 Å². The summed E-state index contributed by atoms with van der Waals surface area (Å²) in [5.41, 5.74) is 2.25. The number of rotatable bonds is 19. The van der Waals surface area contributed by atoms with Crippen molar-refractivity contribution in [3.05, 3.63) is 69.7 Å². The third-order valence-electron chi connectivity index (χ3n) is 9.08. The Labute approximate surface area is 346 Å². The summed E-state index contributed by atoms with van der Waals surface area (Å²) in [6.45, 7) is 3.13. The number of benzene rings is 1. The molecule has 0 aliphatic carbocycles. The summed E-state index contributed by atoms with van der Waals surface area (Å²) in [6.07, 6.45) is 2.53. The molecule has 0 spiro atoms. The number of nitrogens with zero attached hydrogens (tertiary/aromatic N) is 5. The number of imide groups is 2. The zero-order valence-corrected chi connectivity index (χ0v) is 33.4. The molecule has 6 rings (SSSR count). The van der Waals surface area contributed by atoms with Gasteiger partial charge in [-0.3, -0.25) is 34.2 Å². The number of carbonyl (C=O) groups is 6. The second-order valence-corrected chi connectivity index (χ2v) is 13.9. The predicted molar refractivity (Wildman–Crippen MR) is 212 cm³/mol. The van der Waals surface area contributed by atoms with Gasteiger partial charge in [0.25, 0.3) is 11.8 Å². The van der Waals surface area contributed by atoms with Gasteiger partial charge in [-0.1, -0.05) is 29.3 Å². The van der Waals surface area contributed by atoms with E-state index >= 15 is 0 Å². The number of anilines is 3. The van der Waals surface area contributed by atoms with Crippen LogP contribution in [0.25, 0.3) is 5.65 Å². The fourth-order valence-electron chi connectivity index (χ4n) is 6.26. The number of urea groups is 1. The Morgan fingerprint density at radius 3 is 2.49 bits per heavy atom. The highest BCUT2D eigenvalue weighted by Crippen LogP contribution is 2.33. The smallest absolute Gasteiger partial charge is 0.323 e. The van der Waals surface area contributed by atoms with Gasteiger partial charge in [-0.2, -0.15) is 5.10 Å². The number of pyridine rings is 1. The third-order valence-corrected chi connectivity index (χ3v) is 9.47. The van der Waals surface area contributed by atoms with E-state index in [1.165, 1.54) is 36.2 Å². The molecule has 2 aliphatic heterocycles. The van der Waals surface area contributed by atoms with Crippen molar-refractivity contribution in [2.75, 3.05) is 69.2 Å². The zero-order chi connectivity index (χ0) is 42.1. The summed E-state index contributed by atoms with van der Waals surface area (Å²) in [4.78, 5) is 84.9. The Bertz CT molecular complexity index is 2260. The van der Waals surface area contributed by atoms with Crippen LogP contribution in [0.15, 0.2) is 42.7 Å². The van der Waals surface area contributed by atoms with Crippen molar-refractivity contribution in [3.8, 4) is 5.88 Å². The largest absolute Gasteiger partial charge is 0.474 e. The van der Waals surface area contributed by atoms with E-state index in [1.807, 2.05) is 0 Å². The van der Waals surface area contributed by atoms with E-state index in [2.05, 4.69) is 41.7 Å². The monoisotopic (exact) mass is 854 g/mol. The molecular weight excluding hydrogens is 815 g/mol. The first-order valence-corrected chi connectivity index (χ1v) is 19.1. The normalized spacial score (nSPS) is 15.5. The summed E-state index contributed by atoms with van der Waals surface area (Å²) < 4.78 is 23.8. The molecule has 0 unspecified atom stereocenters. The lowest BCUT2D eigenvalue weighted by Crippen LogP contribution is -2.54. The highest BCUT2D eigenvalue weighted by Gasteiger charge is 2.45. The number of amides is 7. The number of fused-ring (bicyclic) bond motifs is 2. The number of hydrogen-bond acceptors (Lipinski definition) is 14. The molecule has 5 heterocycles. The SMILES string of the molecule is CO[C@@H](C)c1c(NC(=O)Nc2cc(Cl)cnc2OCCNC(=O)CCOCCOCCNc2cccc3c2C(=O)N([C@H]2CCC(=O)NC2=O)C3=O)cnc2cc(Cl)nn12. The van der Waals surface area contributed by atoms with Gasteiger partial charge in [-0.25, -0.2) is 19.3 Å². The van der Waals surface area contributed by atoms with Gasteiger partial charge in [0, 0.05) is 44.4 Å². The first kappa shape index (κ1) is 42.7. The topological polar surface area (TPSA) is 246 Å². The second kappa shape index (κ2) is 19.7. The summed E-state index contributed by atoms with van der Waals surface area (Å²) >= 11 is 12.2. The molecule has 4 aromatic rings. The Morgan fingerprint density at radius 1 is 0.932 bits per heavy atom. The number of ether oxygens (including phenoxy) is 4. The number of hydrogen-bond donors (Lipinski definition) is 5. The standard InChI is InChI=1S/C37H40Cl2N10O10/c1-20(56-2)32-25(19-42-28-17-27(39)47-49(28)32)45-37(55)44-24-16-21(38)18-43-34(24)59-13-10-41-29(50)8-11-57-14-15-58-12-9-40-23-5-3-4-22-31(23)36(54)48(35(22)53)26-6-7-30(51)46-33(26)52/h3-5,16-20,26,40H,6-15H2,1-2H3,(H,41,50)(H2,44,45,55)(H,46,51,52)/t20-,26-/m0/s1. The molecule has 2 aliphatic rings. The van der Waals surface area contributed by atoms with Crippen LogP contribution in [0.5, 0.6) is 5.88 Å². The quantitative estimate of drug-likeness (QED) is 0.0672. The van der Waals surface area contributed by atoms with Crippen LogP contribution < -0.4 is 31.3 Å². The van der Waals surface area contributed by atoms with Crippen LogP contribution in [-0.4, -0.2) is 119 Å². The average molecular weight is 856 g/mol. The van der Waals surface area contributed by atoms with Crippen LogP contribution in [-0.2, 0) is 28.6 Å². The van der Waals surface area contributed by atoms with Gasteiger partial charge in [0.2, 0.25) is 23.6 Å². The summed E-state index contributed by atoms with van der Waals surface area (Å²) in [7, 11) is 1.52. The predicted octanol–water partition coefficient (Wildman–Crippen LogP) is 3.21. The van der Waals surface area contributed by atoms with Gasteiger partial charge in [-0.05, 0) is 31.5 Å². The van der Waals surface area contributed by atoms with Crippen LogP contribution in [0.2, 0.25) is 10.2 Å². The van der Waals surface area contributed by atoms with Gasteiger partial charge in [-0.15, -0.1) is 0 Å². The average Bonchev–Trinajstić information content (AvgIpc) is 3.71. The molecule has 1 aromatic carbocycles. The third kappa shape index (κ3) is 10.4. The van der Waals surface area contributed by atoms with Crippen LogP contribution in [0, 0.1) is 0 Å². The minimum absolute atomic E-state index is 0.0316. The van der Waals surface area contributed by atoms with E-state index in [4.69, 9.17) is 42.1 Å². The maximum absolute atomic E-state index is 13.2. The zero-order valence-electron chi connectivity index (χ0n) is 31.8. The van der Waals surface area contributed by atoms with Crippen molar-refractivity contribution in [1.82, 2.24) is 35.1 Å². The molecule has 0 bridgehead atoms. The Hall–Kier alpha value is -5.93. The summed E-state index contributed by atoms with van der Waals surface area (Å²) in [5, 5.41) is 18.1. The number of carbonyl (C=O) groups excluding carboxylic acids is 6. The lowest BCUT2D eigenvalue weighted by atomic mass is 10.0. The molecule has 1 fully saturated rings. The first-order chi connectivity index (χ1) is 28.4. The number of piperidine rings is 1. The van der Waals surface area contributed by atoms with Crippen molar-refractivity contribution in [2.24, 2.45) is 0 Å². The molecular formula is C37H40Cl2N10O10. The number of halogens is 2. The van der Waals surface area contributed by atoms with Crippen LogP contribution in [0.3, 0.4) is 0 Å². The van der Waals surface area contributed by atoms with Crippen molar-refractivity contribution < 1.29 is 47.7 Å². The molecule has 20 nitrogen and oxygen atoms in total. The van der Waals surface area contributed by atoms with Crippen LogP contribution in [0.1, 0.15) is 58.7 Å². The molecule has 7 amide bonds. The minimum atomic E-state index is -1.05. The van der Waals surface area contributed by atoms with Gasteiger partial charge in [0.1, 0.15) is 18.3 Å². The van der Waals surface area contributed by atoms with Crippen molar-refractivity contribution in [2.45, 2.75) is 38.3 Å². The molecule has 22 heteroatoms. The van der Waals surface area contributed by atoms with Crippen molar-refractivity contribution in [3.63, 3.8) is 0 Å². The van der Waals surface area contributed by atoms with E-state index in [-0.39, 0.29) is 97.6 Å². The van der Waals surface area contributed by atoms with Gasteiger partial charge < -0.3 is 40.2 Å². The minimum Gasteiger partial charge on any atom is -0.474 e. The first-order valence-electron chi connectivity index (χ1n) is 18.4. The molecule has 3 aromatic heterocycles. The second-order valence-electron chi connectivity index (χ2n) is 13.0. The molecule has 2 atom stereocenters. The molecule has 0 saturated carbocycles. The Balaban J connectivity index is 0.858. The number of methoxy groups -OCH3 is 1. The van der Waals surface area contributed by atoms with E-state index in [9.17, 15) is 28.8 Å². The maximum Gasteiger partial charge on any atom is 0.323 e. The number of nitrogens with one attached hydrogen (secondary N) is 5. The molecule has 1 saturated heterocycles. The van der Waals surface area contributed by atoms with Gasteiger partial charge in [0.15, 0.2) is 10.8 Å². The summed E-state index contributed by atoms with van der Waals surface area (Å²) in [6, 6.07) is 6.16. The highest BCUT2D eigenvalue weighted by molar-refractivity contribution is 6.31. The molecule has 5 N–H and O–H groups in total. The fraction of sp³-hybridized carbons (Fsp3) is 0.378. The fourth-order valence-corrected chi connectivity index (χ4v) is 6.59. The van der Waals surface area contributed by atoms with Crippen molar-refractivity contribution >= 4 is 81.5 Å². The highest BCUT2D eigenvalue weighted by atomic mass is 35.5. The van der Waals surface area contributed by atoms with E-state index in [0.717, 1.165) is 4.90 Å². The Kier molecular flexibility index (Phi) is 14.2. The maximum atomic E-state index is 13.2. The molecule has 0 radical (unpaired) electrons. The van der Waals surface area contributed by atoms with E-state index in [1.54, 1.807) is 25.1 Å². The van der Waals surface area contributed by atoms with Gasteiger partial charge in [0.05, 0.1) is 72.8 Å².